The maximum absolute atomic E-state index is 6.27. The van der Waals surface area contributed by atoms with Crippen LogP contribution in [0, 0.1) is 6.92 Å². The average molecular weight is 285 g/mol. The Hall–Kier alpha value is -2.40. The molecule has 0 amide bonds. The van der Waals surface area contributed by atoms with Crippen molar-refractivity contribution in [2.45, 2.75) is 6.92 Å². The molecule has 0 atom stereocenters. The zero-order chi connectivity index (χ0) is 13.7. The van der Waals surface area contributed by atoms with Crippen LogP contribution in [0.25, 0.3) is 33.5 Å². The molecule has 5 nitrogen and oxygen atoms in total. The maximum atomic E-state index is 6.27. The van der Waals surface area contributed by atoms with Crippen LogP contribution in [-0.2, 0) is 0 Å². The number of imidazole rings is 1. The van der Waals surface area contributed by atoms with Crippen LogP contribution in [0.2, 0.25) is 5.02 Å². The highest BCUT2D eigenvalue weighted by atomic mass is 35.5. The second-order valence-electron chi connectivity index (χ2n) is 4.57. The van der Waals surface area contributed by atoms with Gasteiger partial charge in [0.2, 0.25) is 5.76 Å². The zero-order valence-electron chi connectivity index (χ0n) is 10.5. The first-order valence-electron chi connectivity index (χ1n) is 6.09. The molecule has 3 heterocycles. The van der Waals surface area contributed by atoms with Gasteiger partial charge in [-0.05, 0) is 19.1 Å². The molecule has 4 aromatic rings. The summed E-state index contributed by atoms with van der Waals surface area (Å²) in [6.07, 6.45) is 1.74. The lowest BCUT2D eigenvalue weighted by atomic mass is 10.2. The monoisotopic (exact) mass is 284 g/mol. The van der Waals surface area contributed by atoms with E-state index in [2.05, 4.69) is 20.1 Å². The van der Waals surface area contributed by atoms with E-state index in [1.807, 2.05) is 31.2 Å². The van der Waals surface area contributed by atoms with Crippen molar-refractivity contribution in [1.29, 1.82) is 0 Å². The Kier molecular flexibility index (Phi) is 2.31. The fourth-order valence-electron chi connectivity index (χ4n) is 2.25. The Bertz CT molecular complexity index is 941. The van der Waals surface area contributed by atoms with E-state index in [9.17, 15) is 0 Å². The van der Waals surface area contributed by atoms with E-state index in [0.717, 1.165) is 27.6 Å². The summed E-state index contributed by atoms with van der Waals surface area (Å²) in [4.78, 5) is 12.1. The third-order valence-electron chi connectivity index (χ3n) is 3.15. The summed E-state index contributed by atoms with van der Waals surface area (Å²) in [5.41, 5.74) is 3.22. The molecule has 0 saturated heterocycles. The van der Waals surface area contributed by atoms with Gasteiger partial charge in [-0.2, -0.15) is 0 Å². The first-order chi connectivity index (χ1) is 9.72. The van der Waals surface area contributed by atoms with Crippen molar-refractivity contribution < 1.29 is 4.52 Å². The van der Waals surface area contributed by atoms with Gasteiger partial charge < -0.3 is 9.51 Å². The van der Waals surface area contributed by atoms with Gasteiger partial charge in [-0.3, -0.25) is 4.98 Å². The molecule has 0 unspecified atom stereocenters. The van der Waals surface area contributed by atoms with Crippen LogP contribution in [0.15, 0.2) is 35.0 Å². The summed E-state index contributed by atoms with van der Waals surface area (Å²) in [5.74, 6) is 1.22. The van der Waals surface area contributed by atoms with Crippen LogP contribution < -0.4 is 0 Å². The maximum Gasteiger partial charge on any atom is 0.202 e. The SMILES string of the molecule is Cc1cc(-c2nc3c(cnc4cccc(Cl)c43)[nH]2)on1. The minimum Gasteiger partial charge on any atom is -0.353 e. The molecular formula is C14H9ClN4O. The Balaban J connectivity index is 2.06. The molecule has 3 aromatic heterocycles. The van der Waals surface area contributed by atoms with E-state index < -0.39 is 0 Å². The smallest absolute Gasteiger partial charge is 0.202 e. The fraction of sp³-hybridized carbons (Fsp3) is 0.0714. The van der Waals surface area contributed by atoms with Gasteiger partial charge in [0, 0.05) is 11.5 Å². The molecule has 0 aliphatic rings. The lowest BCUT2D eigenvalue weighted by molar-refractivity contribution is 0.425. The number of benzene rings is 1. The highest BCUT2D eigenvalue weighted by Crippen LogP contribution is 2.30. The largest absolute Gasteiger partial charge is 0.353 e. The van der Waals surface area contributed by atoms with Crippen LogP contribution >= 0.6 is 11.6 Å². The van der Waals surface area contributed by atoms with Crippen molar-refractivity contribution in [3.05, 3.63) is 41.2 Å². The Morgan fingerprint density at radius 2 is 2.20 bits per heavy atom. The van der Waals surface area contributed by atoms with Crippen molar-refractivity contribution >= 4 is 33.5 Å². The van der Waals surface area contributed by atoms with Crippen LogP contribution in [0.5, 0.6) is 0 Å². The van der Waals surface area contributed by atoms with Gasteiger partial charge in [0.15, 0.2) is 5.82 Å². The molecule has 0 bridgehead atoms. The number of nitrogens with zero attached hydrogens (tertiary/aromatic N) is 3. The summed E-state index contributed by atoms with van der Waals surface area (Å²) < 4.78 is 5.23. The lowest BCUT2D eigenvalue weighted by Gasteiger charge is -1.99. The van der Waals surface area contributed by atoms with Crippen LogP contribution in [0.4, 0.5) is 0 Å². The average Bonchev–Trinajstić information content (AvgIpc) is 3.04. The highest BCUT2D eigenvalue weighted by Gasteiger charge is 2.13. The number of H-pyrrole nitrogens is 1. The van der Waals surface area contributed by atoms with Crippen molar-refractivity contribution in [2.24, 2.45) is 0 Å². The molecule has 0 saturated carbocycles. The topological polar surface area (TPSA) is 67.6 Å². The second-order valence-corrected chi connectivity index (χ2v) is 4.98. The summed E-state index contributed by atoms with van der Waals surface area (Å²) in [7, 11) is 0. The molecule has 98 valence electrons. The van der Waals surface area contributed by atoms with Gasteiger partial charge in [-0.25, -0.2) is 4.98 Å². The predicted molar refractivity (Wildman–Crippen MR) is 76.6 cm³/mol. The summed E-state index contributed by atoms with van der Waals surface area (Å²) >= 11 is 6.27. The van der Waals surface area contributed by atoms with Crippen LogP contribution in [0.3, 0.4) is 0 Å². The number of aromatic amines is 1. The lowest BCUT2D eigenvalue weighted by Crippen LogP contribution is -1.81. The standard InChI is InChI=1S/C14H9ClN4O/c1-7-5-11(20-19-7)14-17-10-6-16-9-4-2-3-8(15)12(9)13(10)18-14/h2-6H,1H3,(H,17,18). The van der Waals surface area contributed by atoms with Crippen molar-refractivity contribution in [3.8, 4) is 11.6 Å². The summed E-state index contributed by atoms with van der Waals surface area (Å²) in [6.45, 7) is 1.86. The van der Waals surface area contributed by atoms with E-state index >= 15 is 0 Å². The molecule has 0 aliphatic carbocycles. The minimum absolute atomic E-state index is 0.596. The highest BCUT2D eigenvalue weighted by molar-refractivity contribution is 6.37. The number of rotatable bonds is 1. The quantitative estimate of drug-likeness (QED) is 0.578. The Labute approximate surface area is 118 Å². The van der Waals surface area contributed by atoms with Crippen molar-refractivity contribution in [2.75, 3.05) is 0 Å². The van der Waals surface area contributed by atoms with Gasteiger partial charge in [0.25, 0.3) is 0 Å². The molecule has 6 heteroatoms. The third-order valence-corrected chi connectivity index (χ3v) is 3.47. The number of nitrogens with one attached hydrogen (secondary N) is 1. The molecule has 4 rings (SSSR count). The van der Waals surface area contributed by atoms with E-state index in [0.29, 0.717) is 16.6 Å². The molecule has 0 spiro atoms. The molecule has 0 fully saturated rings. The summed E-state index contributed by atoms with van der Waals surface area (Å²) in [5, 5.41) is 5.34. The first-order valence-corrected chi connectivity index (χ1v) is 6.47. The third kappa shape index (κ3) is 1.60. The number of aromatic nitrogens is 4. The number of hydrogen-bond acceptors (Lipinski definition) is 4. The van der Waals surface area contributed by atoms with Gasteiger partial charge in [0.05, 0.1) is 27.9 Å². The van der Waals surface area contributed by atoms with E-state index in [1.165, 1.54) is 0 Å². The normalized spacial score (nSPS) is 11.5. The molecule has 20 heavy (non-hydrogen) atoms. The van der Waals surface area contributed by atoms with E-state index in [-0.39, 0.29) is 0 Å². The van der Waals surface area contributed by atoms with Crippen molar-refractivity contribution in [1.82, 2.24) is 20.1 Å². The molecular weight excluding hydrogens is 276 g/mol. The van der Waals surface area contributed by atoms with E-state index in [1.54, 1.807) is 6.20 Å². The summed E-state index contributed by atoms with van der Waals surface area (Å²) in [6, 6.07) is 7.44. The number of aryl methyl sites for hydroxylation is 1. The minimum atomic E-state index is 0.596. The number of halogens is 1. The van der Waals surface area contributed by atoms with Gasteiger partial charge >= 0.3 is 0 Å². The van der Waals surface area contributed by atoms with Gasteiger partial charge in [-0.1, -0.05) is 22.8 Å². The Morgan fingerprint density at radius 3 is 3.00 bits per heavy atom. The zero-order valence-corrected chi connectivity index (χ0v) is 11.3. The number of fused-ring (bicyclic) bond motifs is 3. The van der Waals surface area contributed by atoms with Crippen molar-refractivity contribution in [3.63, 3.8) is 0 Å². The number of pyridine rings is 1. The van der Waals surface area contributed by atoms with Crippen LogP contribution in [-0.4, -0.2) is 20.1 Å². The molecule has 0 aliphatic heterocycles. The van der Waals surface area contributed by atoms with Gasteiger partial charge in [0.1, 0.15) is 5.52 Å². The molecule has 1 N–H and O–H groups in total. The van der Waals surface area contributed by atoms with E-state index in [4.69, 9.17) is 16.1 Å². The predicted octanol–water partition coefficient (Wildman–Crippen LogP) is 3.73. The van der Waals surface area contributed by atoms with Gasteiger partial charge in [-0.15, -0.1) is 0 Å². The molecule has 1 aromatic carbocycles. The number of hydrogen-bond donors (Lipinski definition) is 1. The second kappa shape index (κ2) is 4.05. The Morgan fingerprint density at radius 1 is 1.30 bits per heavy atom. The fourth-order valence-corrected chi connectivity index (χ4v) is 2.51. The first kappa shape index (κ1) is 11.4. The van der Waals surface area contributed by atoms with Crippen LogP contribution in [0.1, 0.15) is 5.69 Å². The molecule has 0 radical (unpaired) electrons.